The maximum Gasteiger partial charge on any atom is 0.255 e. The Balaban J connectivity index is 2.27. The molecule has 2 aromatic carbocycles. The molecule has 2 amide bonds. The van der Waals surface area contributed by atoms with E-state index < -0.39 is 11.8 Å². The van der Waals surface area contributed by atoms with Crippen LogP contribution in [0.3, 0.4) is 0 Å². The predicted molar refractivity (Wildman–Crippen MR) is 98.6 cm³/mol. The Morgan fingerprint density at radius 1 is 0.963 bits per heavy atom. The molecule has 0 atom stereocenters. The summed E-state index contributed by atoms with van der Waals surface area (Å²) in [5, 5.41) is 2.72. The van der Waals surface area contributed by atoms with Crippen LogP contribution in [0.15, 0.2) is 36.4 Å². The van der Waals surface area contributed by atoms with Crippen LogP contribution in [0.5, 0.6) is 17.2 Å². The second-order valence-corrected chi connectivity index (χ2v) is 5.55. The van der Waals surface area contributed by atoms with E-state index in [2.05, 4.69) is 5.32 Å². The minimum absolute atomic E-state index is 0.0612. The van der Waals surface area contributed by atoms with Crippen LogP contribution < -0.4 is 25.3 Å². The molecule has 8 nitrogen and oxygen atoms in total. The Hall–Kier alpha value is -3.55. The highest BCUT2D eigenvalue weighted by Gasteiger charge is 2.18. The summed E-state index contributed by atoms with van der Waals surface area (Å²) in [6, 6.07) is 9.43. The Bertz CT molecular complexity index is 836. The maximum absolute atomic E-state index is 12.5. The highest BCUT2D eigenvalue weighted by Crippen LogP contribution is 2.38. The number of amides is 2. The van der Waals surface area contributed by atoms with Crippen molar-refractivity contribution in [1.29, 1.82) is 0 Å². The molecule has 0 fully saturated rings. The third-order valence-corrected chi connectivity index (χ3v) is 3.63. The quantitative estimate of drug-likeness (QED) is 0.685. The normalized spacial score (nSPS) is 10.0. The van der Waals surface area contributed by atoms with E-state index in [9.17, 15) is 14.4 Å². The van der Waals surface area contributed by atoms with Crippen LogP contribution in [0, 0.1) is 0 Å². The molecule has 0 aromatic heterocycles. The molecule has 0 unspecified atom stereocenters. The van der Waals surface area contributed by atoms with Gasteiger partial charge in [-0.1, -0.05) is 0 Å². The van der Waals surface area contributed by atoms with E-state index in [1.54, 1.807) is 24.3 Å². The van der Waals surface area contributed by atoms with Gasteiger partial charge in [0.15, 0.2) is 23.9 Å². The van der Waals surface area contributed by atoms with Gasteiger partial charge in [-0.05, 0) is 43.3 Å². The molecule has 0 saturated heterocycles. The number of methoxy groups -OCH3 is 2. The van der Waals surface area contributed by atoms with E-state index in [1.165, 1.54) is 33.3 Å². The number of carbonyl (C=O) groups excluding carboxylic acids is 3. The summed E-state index contributed by atoms with van der Waals surface area (Å²) >= 11 is 0. The van der Waals surface area contributed by atoms with Crippen LogP contribution in [-0.2, 0) is 4.79 Å². The zero-order valence-electron chi connectivity index (χ0n) is 15.2. The van der Waals surface area contributed by atoms with Crippen molar-refractivity contribution in [2.75, 3.05) is 26.1 Å². The van der Waals surface area contributed by atoms with Gasteiger partial charge in [-0.3, -0.25) is 14.4 Å². The van der Waals surface area contributed by atoms with Gasteiger partial charge in [0.1, 0.15) is 0 Å². The number of nitrogens with two attached hydrogens (primary N) is 1. The number of primary amides is 1. The summed E-state index contributed by atoms with van der Waals surface area (Å²) in [5.41, 5.74) is 6.41. The summed E-state index contributed by atoms with van der Waals surface area (Å²) in [6.45, 7) is 1.11. The average molecular weight is 372 g/mol. The van der Waals surface area contributed by atoms with E-state index in [0.29, 0.717) is 11.3 Å². The monoisotopic (exact) mass is 372 g/mol. The molecular weight excluding hydrogens is 352 g/mol. The van der Waals surface area contributed by atoms with Gasteiger partial charge in [-0.25, -0.2) is 0 Å². The molecule has 8 heteroatoms. The molecule has 0 aliphatic rings. The van der Waals surface area contributed by atoms with Gasteiger partial charge in [0.05, 0.1) is 14.2 Å². The average Bonchev–Trinajstić information content (AvgIpc) is 2.65. The minimum Gasteiger partial charge on any atom is -0.493 e. The van der Waals surface area contributed by atoms with E-state index in [-0.39, 0.29) is 35.2 Å². The Kier molecular flexibility index (Phi) is 6.37. The fraction of sp³-hybridized carbons (Fsp3) is 0.211. The number of benzene rings is 2. The molecular formula is C19H20N2O6. The Labute approximate surface area is 156 Å². The lowest BCUT2D eigenvalue weighted by atomic mass is 10.1. The SMILES string of the molecule is COc1cc(C(=O)Nc2ccc(C(C)=O)cc2)cc(OC)c1OCC(N)=O. The summed E-state index contributed by atoms with van der Waals surface area (Å²) in [4.78, 5) is 34.8. The molecule has 2 aromatic rings. The molecule has 0 aliphatic carbocycles. The number of ketones is 1. The zero-order valence-corrected chi connectivity index (χ0v) is 15.2. The lowest BCUT2D eigenvalue weighted by Gasteiger charge is -2.15. The van der Waals surface area contributed by atoms with Gasteiger partial charge in [0.2, 0.25) is 5.75 Å². The Morgan fingerprint density at radius 2 is 1.52 bits per heavy atom. The number of rotatable bonds is 8. The number of ether oxygens (including phenoxy) is 3. The second kappa shape index (κ2) is 8.70. The molecule has 0 saturated carbocycles. The van der Waals surface area contributed by atoms with E-state index in [1.807, 2.05) is 0 Å². The standard InChI is InChI=1S/C19H20N2O6/c1-11(22)12-4-6-14(7-5-12)21-19(24)13-8-15(25-2)18(16(9-13)26-3)27-10-17(20)23/h4-9H,10H2,1-3H3,(H2,20,23)(H,21,24). The van der Waals surface area contributed by atoms with Crippen molar-refractivity contribution in [3.8, 4) is 17.2 Å². The van der Waals surface area contributed by atoms with Gasteiger partial charge in [0, 0.05) is 16.8 Å². The van der Waals surface area contributed by atoms with Gasteiger partial charge < -0.3 is 25.3 Å². The van der Waals surface area contributed by atoms with E-state index >= 15 is 0 Å². The number of hydrogen-bond acceptors (Lipinski definition) is 6. The van der Waals surface area contributed by atoms with Crippen molar-refractivity contribution < 1.29 is 28.6 Å². The second-order valence-electron chi connectivity index (χ2n) is 5.55. The van der Waals surface area contributed by atoms with Gasteiger partial charge in [-0.2, -0.15) is 0 Å². The predicted octanol–water partition coefficient (Wildman–Crippen LogP) is 2.02. The fourth-order valence-corrected chi connectivity index (χ4v) is 2.29. The van der Waals surface area contributed by atoms with Crippen molar-refractivity contribution in [3.05, 3.63) is 47.5 Å². The van der Waals surface area contributed by atoms with Crippen molar-refractivity contribution in [1.82, 2.24) is 0 Å². The first-order valence-electron chi connectivity index (χ1n) is 7.95. The first kappa shape index (κ1) is 19.8. The third-order valence-electron chi connectivity index (χ3n) is 3.63. The fourth-order valence-electron chi connectivity index (χ4n) is 2.29. The molecule has 142 valence electrons. The van der Waals surface area contributed by atoms with E-state index in [0.717, 1.165) is 0 Å². The molecule has 2 rings (SSSR count). The lowest BCUT2D eigenvalue weighted by molar-refractivity contribution is -0.120. The van der Waals surface area contributed by atoms with Crippen LogP contribution in [-0.4, -0.2) is 38.4 Å². The number of anilines is 1. The van der Waals surface area contributed by atoms with Crippen molar-refractivity contribution in [2.24, 2.45) is 5.73 Å². The highest BCUT2D eigenvalue weighted by molar-refractivity contribution is 6.05. The first-order chi connectivity index (χ1) is 12.8. The minimum atomic E-state index is -0.657. The zero-order chi connectivity index (χ0) is 20.0. The molecule has 0 spiro atoms. The summed E-state index contributed by atoms with van der Waals surface area (Å²) in [6.07, 6.45) is 0. The summed E-state index contributed by atoms with van der Waals surface area (Å²) < 4.78 is 15.8. The lowest BCUT2D eigenvalue weighted by Crippen LogP contribution is -2.20. The Morgan fingerprint density at radius 3 is 1.96 bits per heavy atom. The van der Waals surface area contributed by atoms with Crippen molar-refractivity contribution >= 4 is 23.3 Å². The smallest absolute Gasteiger partial charge is 0.255 e. The van der Waals surface area contributed by atoms with Crippen LogP contribution in [0.25, 0.3) is 0 Å². The first-order valence-corrected chi connectivity index (χ1v) is 7.95. The van der Waals surface area contributed by atoms with E-state index in [4.69, 9.17) is 19.9 Å². The molecule has 27 heavy (non-hydrogen) atoms. The van der Waals surface area contributed by atoms with Crippen LogP contribution >= 0.6 is 0 Å². The van der Waals surface area contributed by atoms with Crippen molar-refractivity contribution in [3.63, 3.8) is 0 Å². The largest absolute Gasteiger partial charge is 0.493 e. The number of Topliss-reactive ketones (excluding diaryl/α,β-unsaturated/α-hetero) is 1. The van der Waals surface area contributed by atoms with Crippen LogP contribution in [0.4, 0.5) is 5.69 Å². The van der Waals surface area contributed by atoms with Crippen LogP contribution in [0.1, 0.15) is 27.6 Å². The van der Waals surface area contributed by atoms with Crippen LogP contribution in [0.2, 0.25) is 0 Å². The van der Waals surface area contributed by atoms with Gasteiger partial charge in [0.25, 0.3) is 11.8 Å². The summed E-state index contributed by atoms with van der Waals surface area (Å²) in [5.74, 6) is -0.533. The molecule has 3 N–H and O–H groups in total. The topological polar surface area (TPSA) is 117 Å². The number of nitrogens with one attached hydrogen (secondary N) is 1. The van der Waals surface area contributed by atoms with Gasteiger partial charge >= 0.3 is 0 Å². The molecule has 0 radical (unpaired) electrons. The number of carbonyl (C=O) groups is 3. The number of hydrogen-bond donors (Lipinski definition) is 2. The van der Waals surface area contributed by atoms with Gasteiger partial charge in [-0.15, -0.1) is 0 Å². The summed E-state index contributed by atoms with van der Waals surface area (Å²) in [7, 11) is 2.79. The molecule has 0 heterocycles. The molecule has 0 aliphatic heterocycles. The maximum atomic E-state index is 12.5. The molecule has 0 bridgehead atoms. The third kappa shape index (κ3) is 4.97. The highest BCUT2D eigenvalue weighted by atomic mass is 16.5. The van der Waals surface area contributed by atoms with Crippen molar-refractivity contribution in [2.45, 2.75) is 6.92 Å².